The topological polar surface area (TPSA) is 98.5 Å². The predicted octanol–water partition coefficient (Wildman–Crippen LogP) is 3.52. The third-order valence-electron chi connectivity index (χ3n) is 2.89. The van der Waals surface area contributed by atoms with Gasteiger partial charge in [-0.2, -0.15) is 0 Å². The van der Waals surface area contributed by atoms with Gasteiger partial charge in [-0.25, -0.2) is 0 Å². The van der Waals surface area contributed by atoms with Gasteiger partial charge in [0, 0.05) is 16.6 Å². The number of nitro benzene ring substituents is 1. The summed E-state index contributed by atoms with van der Waals surface area (Å²) in [7, 11) is 0. The molecule has 7 nitrogen and oxygen atoms in total. The zero-order valence-corrected chi connectivity index (χ0v) is 14.4. The van der Waals surface area contributed by atoms with Gasteiger partial charge in [-0.3, -0.25) is 19.7 Å². The normalized spacial score (nSPS) is 10.1. The first-order chi connectivity index (χ1) is 12.0. The molecule has 9 heteroatoms. The van der Waals surface area contributed by atoms with Crippen molar-refractivity contribution in [1.29, 1.82) is 0 Å². The minimum Gasteiger partial charge on any atom is -0.455 e. The van der Waals surface area contributed by atoms with E-state index in [2.05, 4.69) is 5.32 Å². The van der Waals surface area contributed by atoms with Gasteiger partial charge in [-0.15, -0.1) is 11.8 Å². The van der Waals surface area contributed by atoms with Crippen molar-refractivity contribution in [3.05, 3.63) is 63.7 Å². The van der Waals surface area contributed by atoms with Crippen molar-refractivity contribution in [3.63, 3.8) is 0 Å². The van der Waals surface area contributed by atoms with E-state index in [0.717, 1.165) is 11.0 Å². The third kappa shape index (κ3) is 6.09. The Balaban J connectivity index is 1.79. The van der Waals surface area contributed by atoms with Crippen molar-refractivity contribution in [1.82, 2.24) is 0 Å². The van der Waals surface area contributed by atoms with E-state index in [1.165, 1.54) is 23.9 Å². The largest absolute Gasteiger partial charge is 0.455 e. The van der Waals surface area contributed by atoms with Crippen molar-refractivity contribution >= 4 is 46.6 Å². The van der Waals surface area contributed by atoms with Gasteiger partial charge in [0.05, 0.1) is 10.7 Å². The van der Waals surface area contributed by atoms with Crippen molar-refractivity contribution in [2.45, 2.75) is 4.90 Å². The molecule has 25 heavy (non-hydrogen) atoms. The Hall–Kier alpha value is -2.58. The number of thioether (sulfide) groups is 1. The van der Waals surface area contributed by atoms with Crippen LogP contribution in [-0.2, 0) is 14.3 Å². The molecule has 2 aromatic carbocycles. The number of ether oxygens (including phenoxy) is 1. The summed E-state index contributed by atoms with van der Waals surface area (Å²) in [6.45, 7) is -0.482. The minimum atomic E-state index is -0.654. The van der Waals surface area contributed by atoms with Crippen LogP contribution in [0.4, 0.5) is 11.4 Å². The number of rotatable bonds is 7. The summed E-state index contributed by atoms with van der Waals surface area (Å²) < 4.78 is 4.87. The molecule has 0 heterocycles. The molecule has 1 N–H and O–H groups in total. The fourth-order valence-electron chi connectivity index (χ4n) is 1.77. The number of nitro groups is 1. The number of nitrogens with zero attached hydrogens (tertiary/aromatic N) is 1. The SMILES string of the molecule is O=C(COC(=O)CSc1ccccc1)Nc1ccc(Cl)c([N+](=O)[O-])c1. The molecule has 0 aliphatic heterocycles. The van der Waals surface area contributed by atoms with Crippen molar-refractivity contribution in [2.24, 2.45) is 0 Å². The molecular formula is C16H13ClN2O5S. The van der Waals surface area contributed by atoms with E-state index in [1.807, 2.05) is 30.3 Å². The second-order valence-corrected chi connectivity index (χ2v) is 6.19. The van der Waals surface area contributed by atoms with Crippen molar-refractivity contribution < 1.29 is 19.2 Å². The van der Waals surface area contributed by atoms with Gasteiger partial charge < -0.3 is 10.1 Å². The van der Waals surface area contributed by atoms with Gasteiger partial charge in [0.2, 0.25) is 0 Å². The van der Waals surface area contributed by atoms with E-state index in [-0.39, 0.29) is 22.2 Å². The third-order valence-corrected chi connectivity index (χ3v) is 4.20. The van der Waals surface area contributed by atoms with E-state index in [9.17, 15) is 19.7 Å². The lowest BCUT2D eigenvalue weighted by Gasteiger charge is -2.07. The summed E-state index contributed by atoms with van der Waals surface area (Å²) in [5, 5.41) is 13.2. The second kappa shape index (κ2) is 9.05. The number of hydrogen-bond acceptors (Lipinski definition) is 6. The highest BCUT2D eigenvalue weighted by atomic mass is 35.5. The Morgan fingerprint density at radius 2 is 1.92 bits per heavy atom. The first kappa shape index (κ1) is 18.8. The number of benzene rings is 2. The highest BCUT2D eigenvalue weighted by Crippen LogP contribution is 2.27. The molecule has 0 aliphatic rings. The molecule has 0 unspecified atom stereocenters. The molecule has 0 bridgehead atoms. The van der Waals surface area contributed by atoms with Crippen LogP contribution in [0.25, 0.3) is 0 Å². The molecule has 0 atom stereocenters. The number of carbonyl (C=O) groups is 2. The standard InChI is InChI=1S/C16H13ClN2O5S/c17-13-7-6-11(8-14(13)19(22)23)18-15(20)9-24-16(21)10-25-12-4-2-1-3-5-12/h1-8H,9-10H2,(H,18,20). The Bertz CT molecular complexity index is 785. The molecule has 0 spiro atoms. The molecule has 2 rings (SSSR count). The lowest BCUT2D eigenvalue weighted by atomic mass is 10.3. The van der Waals surface area contributed by atoms with Crippen LogP contribution >= 0.6 is 23.4 Å². The number of amides is 1. The van der Waals surface area contributed by atoms with E-state index in [0.29, 0.717) is 0 Å². The summed E-state index contributed by atoms with van der Waals surface area (Å²) in [6.07, 6.45) is 0. The maximum Gasteiger partial charge on any atom is 0.316 e. The van der Waals surface area contributed by atoms with Crippen LogP contribution in [-0.4, -0.2) is 29.2 Å². The van der Waals surface area contributed by atoms with Crippen molar-refractivity contribution in [2.75, 3.05) is 17.7 Å². The molecule has 0 aliphatic carbocycles. The van der Waals surface area contributed by atoms with Gasteiger partial charge in [-0.05, 0) is 24.3 Å². The summed E-state index contributed by atoms with van der Waals surface area (Å²) in [6, 6.07) is 13.1. The fraction of sp³-hybridized carbons (Fsp3) is 0.125. The summed E-state index contributed by atoms with van der Waals surface area (Å²) in [5.74, 6) is -1.07. The molecule has 1 amide bonds. The van der Waals surface area contributed by atoms with Crippen LogP contribution in [0, 0.1) is 10.1 Å². The number of halogens is 1. The molecule has 0 saturated heterocycles. The zero-order chi connectivity index (χ0) is 18.2. The van der Waals surface area contributed by atoms with Crippen molar-refractivity contribution in [3.8, 4) is 0 Å². The Morgan fingerprint density at radius 1 is 1.20 bits per heavy atom. The summed E-state index contributed by atoms with van der Waals surface area (Å²) in [4.78, 5) is 34.5. The van der Waals surface area contributed by atoms with Crippen LogP contribution in [0.2, 0.25) is 5.02 Å². The number of nitrogens with one attached hydrogen (secondary N) is 1. The lowest BCUT2D eigenvalue weighted by Crippen LogP contribution is -2.21. The summed E-state index contributed by atoms with van der Waals surface area (Å²) >= 11 is 6.98. The average Bonchev–Trinajstić information content (AvgIpc) is 2.60. The maximum absolute atomic E-state index is 11.8. The molecule has 130 valence electrons. The smallest absolute Gasteiger partial charge is 0.316 e. The van der Waals surface area contributed by atoms with Gasteiger partial charge in [-0.1, -0.05) is 29.8 Å². The molecule has 0 saturated carbocycles. The van der Waals surface area contributed by atoms with Gasteiger partial charge in [0.1, 0.15) is 5.02 Å². The monoisotopic (exact) mass is 380 g/mol. The van der Waals surface area contributed by atoms with Crippen LogP contribution in [0.5, 0.6) is 0 Å². The van der Waals surface area contributed by atoms with E-state index in [4.69, 9.17) is 16.3 Å². The molecular weight excluding hydrogens is 368 g/mol. The molecule has 0 radical (unpaired) electrons. The first-order valence-corrected chi connectivity index (χ1v) is 8.39. The Morgan fingerprint density at radius 3 is 2.60 bits per heavy atom. The molecule has 0 aromatic heterocycles. The minimum absolute atomic E-state index is 0.0348. The first-order valence-electron chi connectivity index (χ1n) is 7.03. The van der Waals surface area contributed by atoms with E-state index >= 15 is 0 Å². The quantitative estimate of drug-likeness (QED) is 0.341. The highest BCUT2D eigenvalue weighted by Gasteiger charge is 2.14. The highest BCUT2D eigenvalue weighted by molar-refractivity contribution is 8.00. The van der Waals surface area contributed by atoms with Crippen LogP contribution < -0.4 is 5.32 Å². The van der Waals surface area contributed by atoms with E-state index < -0.39 is 23.4 Å². The van der Waals surface area contributed by atoms with Crippen LogP contribution in [0.1, 0.15) is 0 Å². The van der Waals surface area contributed by atoms with Gasteiger partial charge >= 0.3 is 5.97 Å². The van der Waals surface area contributed by atoms with Crippen LogP contribution in [0.15, 0.2) is 53.4 Å². The molecule has 0 fully saturated rings. The van der Waals surface area contributed by atoms with Crippen LogP contribution in [0.3, 0.4) is 0 Å². The lowest BCUT2D eigenvalue weighted by molar-refractivity contribution is -0.384. The number of esters is 1. The summed E-state index contributed by atoms with van der Waals surface area (Å²) in [5.41, 5.74) is -0.133. The van der Waals surface area contributed by atoms with Gasteiger partial charge in [0.25, 0.3) is 11.6 Å². The predicted molar refractivity (Wildman–Crippen MR) is 94.9 cm³/mol. The number of carbonyl (C=O) groups excluding carboxylic acids is 2. The Labute approximate surface area is 152 Å². The Kier molecular flexibility index (Phi) is 6.79. The van der Waals surface area contributed by atoms with Gasteiger partial charge in [0.15, 0.2) is 6.61 Å². The fourth-order valence-corrected chi connectivity index (χ4v) is 2.68. The zero-order valence-electron chi connectivity index (χ0n) is 12.8. The maximum atomic E-state index is 11.8. The number of anilines is 1. The van der Waals surface area contributed by atoms with E-state index in [1.54, 1.807) is 0 Å². The second-order valence-electron chi connectivity index (χ2n) is 4.73. The molecule has 2 aromatic rings. The average molecular weight is 381 g/mol. The number of hydrogen-bond donors (Lipinski definition) is 1.